The number of hydrogen-bond acceptors (Lipinski definition) is 12. The fraction of sp³-hybridized carbons (Fsp3) is 0.333. The van der Waals surface area contributed by atoms with Crippen molar-refractivity contribution in [3.05, 3.63) is 163 Å². The van der Waals surface area contributed by atoms with Crippen molar-refractivity contribution in [1.29, 1.82) is 0 Å². The van der Waals surface area contributed by atoms with E-state index in [1.807, 2.05) is 47.6 Å². The van der Waals surface area contributed by atoms with Gasteiger partial charge in [-0.2, -0.15) is 26.3 Å². The number of rotatable bonds is 9. The molecule has 9 aromatic rings. The normalized spacial score (nSPS) is 12.4. The molecule has 0 spiro atoms. The fourth-order valence-corrected chi connectivity index (χ4v) is 7.69. The lowest BCUT2D eigenvalue weighted by Crippen LogP contribution is -2.21. The third-order valence-electron chi connectivity index (χ3n) is 12.4. The van der Waals surface area contributed by atoms with E-state index in [2.05, 4.69) is 61.9 Å². The summed E-state index contributed by atoms with van der Waals surface area (Å²) in [7, 11) is 0. The molecule has 0 aliphatic carbocycles. The maximum Gasteiger partial charge on any atom is 0.418 e. The van der Waals surface area contributed by atoms with Crippen LogP contribution in [0.5, 0.6) is 5.75 Å². The van der Waals surface area contributed by atoms with Gasteiger partial charge in [-0.05, 0) is 130 Å². The summed E-state index contributed by atoms with van der Waals surface area (Å²) in [4.78, 5) is 34.3. The number of aromatic nitrogens is 6. The second-order valence-electron chi connectivity index (χ2n) is 20.8. The second kappa shape index (κ2) is 28.3. The van der Waals surface area contributed by atoms with E-state index in [0.717, 1.165) is 43.2 Å². The summed E-state index contributed by atoms with van der Waals surface area (Å²) in [6, 6.07) is 32.4. The average Bonchev–Trinajstić information content (AvgIpc) is 4.30. The Morgan fingerprint density at radius 1 is 0.590 bits per heavy atom. The minimum absolute atomic E-state index is 0.156. The first kappa shape index (κ1) is 63.5. The molecule has 0 unspecified atom stereocenters. The van der Waals surface area contributed by atoms with Crippen LogP contribution in [0.4, 0.5) is 58.9 Å². The van der Waals surface area contributed by atoms with Gasteiger partial charge in [-0.1, -0.05) is 90.8 Å². The molecule has 4 aromatic heterocycles. The molecule has 442 valence electrons. The zero-order chi connectivity index (χ0) is 60.5. The summed E-state index contributed by atoms with van der Waals surface area (Å²) in [6.07, 6.45) is -3.88. The summed E-state index contributed by atoms with van der Waals surface area (Å²) in [5, 5.41) is 15.4. The molecule has 23 heteroatoms. The van der Waals surface area contributed by atoms with Crippen LogP contribution < -0.4 is 26.4 Å². The zero-order valence-corrected chi connectivity index (χ0v) is 47.7. The number of nitrogens with one attached hydrogen (secondary N) is 3. The first-order valence-corrected chi connectivity index (χ1v) is 26.7. The fourth-order valence-electron chi connectivity index (χ4n) is 7.69. The minimum Gasteiger partial charge on any atom is -0.410 e. The van der Waals surface area contributed by atoms with Crippen LogP contribution in [0, 0.1) is 0 Å². The summed E-state index contributed by atoms with van der Waals surface area (Å²) in [5.74, 6) is 2.45. The number of benzene rings is 5. The zero-order valence-electron chi connectivity index (χ0n) is 47.7. The monoisotopic (exact) mass is 1150 g/mol. The van der Waals surface area contributed by atoms with Crippen LogP contribution in [0.2, 0.25) is 0 Å². The van der Waals surface area contributed by atoms with Crippen LogP contribution in [0.1, 0.15) is 97.8 Å². The van der Waals surface area contributed by atoms with Crippen molar-refractivity contribution >= 4 is 57.2 Å². The number of hydrogen-bond donors (Lipinski definition) is 4. The molecule has 0 saturated carbocycles. The van der Waals surface area contributed by atoms with E-state index in [-0.39, 0.29) is 16.3 Å². The molecular weight excluding hydrogens is 1080 g/mol. The molecule has 1 aliphatic rings. The largest absolute Gasteiger partial charge is 0.418 e. The Labute approximate surface area is 477 Å². The number of ether oxygens (including phenoxy) is 2. The minimum atomic E-state index is -4.42. The van der Waals surface area contributed by atoms with Crippen molar-refractivity contribution in [2.45, 2.75) is 98.3 Å². The van der Waals surface area contributed by atoms with Gasteiger partial charge in [0.05, 0.1) is 33.2 Å². The van der Waals surface area contributed by atoms with E-state index in [0.29, 0.717) is 62.5 Å². The van der Waals surface area contributed by atoms with Gasteiger partial charge in [0.25, 0.3) is 0 Å². The lowest BCUT2D eigenvalue weighted by Gasteiger charge is -2.13. The molecule has 1 fully saturated rings. The molecule has 0 radical (unpaired) electrons. The maximum atomic E-state index is 12.9. The van der Waals surface area contributed by atoms with Gasteiger partial charge in [0, 0.05) is 58.9 Å². The molecule has 83 heavy (non-hydrogen) atoms. The molecule has 0 atom stereocenters. The Kier molecular flexibility index (Phi) is 21.7. The maximum absolute atomic E-state index is 12.9. The number of amides is 3. The molecule has 5 aromatic carbocycles. The summed E-state index contributed by atoms with van der Waals surface area (Å²) >= 11 is 0. The van der Waals surface area contributed by atoms with E-state index < -0.39 is 35.6 Å². The average molecular weight is 1150 g/mol. The van der Waals surface area contributed by atoms with Crippen LogP contribution in [0.25, 0.3) is 33.4 Å². The van der Waals surface area contributed by atoms with Crippen molar-refractivity contribution in [3.63, 3.8) is 0 Å². The Hall–Kier alpha value is -8.70. The number of nitrogens with zero attached hydrogens (tertiary/aromatic N) is 7. The van der Waals surface area contributed by atoms with Crippen LogP contribution in [0.15, 0.2) is 149 Å². The number of imidazole rings is 2. The number of urea groups is 1. The standard InChI is InChI=1S/C22H20F3N5O2.C14H10F3N3.C14H16N2O3.C6H15N.C4H8O/c1-21(2,3)18-11-19(29-32-18)28-20(31)27-14-5-7-15(8-6-14)30-12-26-16-10-13(22(23,24)25)4-9-17(16)30;15-14(16,17)9-1-6-13-12(7-9)19-8-20(13)11-4-2-10(18)3-5-11;1-14(2,3)11-9-12(16-19-11)15-13(17)18-10-7-5-4-6-8-10;1-4-7(5-2)6-3;1-2-4-5-3-1/h4-12H,1-3H3,(H2,27,28,29,31);1-8H,18H2;4-9H,1-3H3,(H,15,16,17);4-6H2,1-3H3;1-4H2. The van der Waals surface area contributed by atoms with Gasteiger partial charge in [0.15, 0.2) is 11.6 Å². The third kappa shape index (κ3) is 18.9. The van der Waals surface area contributed by atoms with E-state index in [9.17, 15) is 35.9 Å². The van der Waals surface area contributed by atoms with Crippen LogP contribution >= 0.6 is 0 Å². The number of halogens is 6. The first-order valence-electron chi connectivity index (χ1n) is 26.7. The highest BCUT2D eigenvalue weighted by atomic mass is 19.4. The summed E-state index contributed by atoms with van der Waals surface area (Å²) in [6.45, 7) is 24.0. The topological polar surface area (TPSA) is 206 Å². The van der Waals surface area contributed by atoms with Crippen molar-refractivity contribution in [2.24, 2.45) is 0 Å². The number of alkyl halides is 6. The SMILES string of the molecule is C1CCOC1.CC(C)(C)c1cc(NC(=O)Nc2ccc(-n3cnc4cc(C(F)(F)F)ccc43)cc2)no1.CC(C)(C)c1cc(NC(=O)Oc2ccccc2)no1.CCN(CC)CC.Nc1ccc(-n2cnc3cc(C(F)(F)F)ccc32)cc1. The van der Waals surface area contributed by atoms with Crippen molar-refractivity contribution in [1.82, 2.24) is 34.3 Å². The smallest absolute Gasteiger partial charge is 0.410 e. The highest BCUT2D eigenvalue weighted by Crippen LogP contribution is 2.34. The van der Waals surface area contributed by atoms with Gasteiger partial charge < -0.3 is 34.5 Å². The van der Waals surface area contributed by atoms with Gasteiger partial charge in [-0.3, -0.25) is 19.8 Å². The summed E-state index contributed by atoms with van der Waals surface area (Å²) < 4.78 is 100. The number of para-hydroxylation sites is 1. The van der Waals surface area contributed by atoms with Gasteiger partial charge in [0.2, 0.25) is 0 Å². The molecule has 1 aliphatic heterocycles. The molecular formula is C60H69F6N11O6. The summed E-state index contributed by atoms with van der Waals surface area (Å²) in [5.41, 5.74) is 8.09. The Morgan fingerprint density at radius 3 is 1.42 bits per heavy atom. The molecule has 17 nitrogen and oxygen atoms in total. The van der Waals surface area contributed by atoms with Crippen molar-refractivity contribution < 1.29 is 54.5 Å². The third-order valence-corrected chi connectivity index (χ3v) is 12.4. The van der Waals surface area contributed by atoms with Crippen molar-refractivity contribution in [2.75, 3.05) is 54.5 Å². The molecule has 3 amide bonds. The van der Waals surface area contributed by atoms with E-state index >= 15 is 0 Å². The second-order valence-corrected chi connectivity index (χ2v) is 20.8. The number of nitrogens with two attached hydrogens (primary N) is 1. The van der Waals surface area contributed by atoms with Gasteiger partial charge >= 0.3 is 24.5 Å². The van der Waals surface area contributed by atoms with Crippen LogP contribution in [-0.4, -0.2) is 79.3 Å². The number of carbonyl (C=O) groups excluding carboxylic acids is 2. The highest BCUT2D eigenvalue weighted by Gasteiger charge is 2.32. The quantitative estimate of drug-likeness (QED) is 0.0787. The van der Waals surface area contributed by atoms with Crippen LogP contribution in [-0.2, 0) is 27.9 Å². The van der Waals surface area contributed by atoms with E-state index in [1.165, 1.54) is 57.3 Å². The highest BCUT2D eigenvalue weighted by molar-refractivity contribution is 5.99. The van der Waals surface area contributed by atoms with Gasteiger partial charge in [-0.25, -0.2) is 19.6 Å². The van der Waals surface area contributed by atoms with E-state index in [1.54, 1.807) is 94.1 Å². The molecule has 5 heterocycles. The number of carbonyl (C=O) groups is 2. The predicted molar refractivity (Wildman–Crippen MR) is 309 cm³/mol. The lowest BCUT2D eigenvalue weighted by atomic mass is 9.93. The molecule has 0 bridgehead atoms. The van der Waals surface area contributed by atoms with Crippen LogP contribution in [0.3, 0.4) is 0 Å². The molecule has 1 saturated heterocycles. The molecule has 5 N–H and O–H groups in total. The Morgan fingerprint density at radius 2 is 1.04 bits per heavy atom. The number of nitrogen functional groups attached to an aromatic ring is 1. The van der Waals surface area contributed by atoms with E-state index in [4.69, 9.17) is 24.3 Å². The first-order chi connectivity index (χ1) is 39.2. The lowest BCUT2D eigenvalue weighted by molar-refractivity contribution is -0.138. The molecule has 10 rings (SSSR count). The predicted octanol–water partition coefficient (Wildman–Crippen LogP) is 15.3. The Balaban J connectivity index is 0.000000187. The van der Waals surface area contributed by atoms with Gasteiger partial charge in [0.1, 0.15) is 29.9 Å². The number of anilines is 4. The van der Waals surface area contributed by atoms with Gasteiger partial charge in [-0.15, -0.1) is 0 Å². The van der Waals surface area contributed by atoms with Crippen molar-refractivity contribution in [3.8, 4) is 17.1 Å². The Bertz CT molecular complexity index is 3450. The number of fused-ring (bicyclic) bond motifs is 2.